The van der Waals surface area contributed by atoms with Crippen LogP contribution in [0.15, 0.2) is 24.3 Å². The molecule has 8 nitrogen and oxygen atoms in total. The number of nitrogens with one attached hydrogen (secondary N) is 1. The summed E-state index contributed by atoms with van der Waals surface area (Å²) in [6.07, 6.45) is 0.770. The van der Waals surface area contributed by atoms with E-state index in [1.807, 2.05) is 0 Å². The van der Waals surface area contributed by atoms with Gasteiger partial charge in [-0.1, -0.05) is 0 Å². The van der Waals surface area contributed by atoms with E-state index in [-0.39, 0.29) is 18.2 Å². The number of nitro benzene ring substituents is 1. The quantitative estimate of drug-likeness (QED) is 0.518. The minimum Gasteiger partial charge on any atom is -0.468 e. The zero-order valence-electron chi connectivity index (χ0n) is 12.6. The van der Waals surface area contributed by atoms with Crippen molar-refractivity contribution in [3.8, 4) is 11.3 Å². The van der Waals surface area contributed by atoms with Crippen molar-refractivity contribution in [1.82, 2.24) is 15.1 Å². The number of hydrogen-bond donors (Lipinski definition) is 1. The topological polar surface area (TPSA) is 99.3 Å². The molecule has 3 rings (SSSR count). The summed E-state index contributed by atoms with van der Waals surface area (Å²) in [5.74, 6) is -0.357. The number of methoxy groups -OCH3 is 1. The fourth-order valence-corrected chi connectivity index (χ4v) is 2.71. The number of non-ortho nitro benzene ring substituents is 1. The summed E-state index contributed by atoms with van der Waals surface area (Å²) in [7, 11) is 1.34. The average molecular weight is 316 g/mol. The molecule has 0 amide bonds. The lowest BCUT2D eigenvalue weighted by atomic mass is 10.0. The lowest BCUT2D eigenvalue weighted by molar-refractivity contribution is -0.384. The van der Waals surface area contributed by atoms with E-state index in [4.69, 9.17) is 4.74 Å². The molecule has 1 aromatic carbocycles. The van der Waals surface area contributed by atoms with Crippen molar-refractivity contribution in [2.45, 2.75) is 19.5 Å². The molecule has 0 radical (unpaired) electrons. The summed E-state index contributed by atoms with van der Waals surface area (Å²) < 4.78 is 6.38. The van der Waals surface area contributed by atoms with E-state index in [2.05, 4.69) is 10.4 Å². The summed E-state index contributed by atoms with van der Waals surface area (Å²) in [6, 6.07) is 6.27. The van der Waals surface area contributed by atoms with Crippen LogP contribution in [-0.2, 0) is 29.0 Å². The first-order chi connectivity index (χ1) is 11.1. The third-order valence-corrected chi connectivity index (χ3v) is 3.86. The smallest absolute Gasteiger partial charge is 0.327 e. The maximum atomic E-state index is 11.6. The minimum absolute atomic E-state index is 0.0368. The fourth-order valence-electron chi connectivity index (χ4n) is 2.71. The van der Waals surface area contributed by atoms with Gasteiger partial charge in [-0.3, -0.25) is 19.6 Å². The van der Waals surface area contributed by atoms with Crippen LogP contribution in [0.2, 0.25) is 0 Å². The molecule has 0 saturated heterocycles. The molecule has 1 aliphatic rings. The Kier molecular flexibility index (Phi) is 4.07. The molecule has 0 spiro atoms. The Hall–Kier alpha value is -2.74. The zero-order valence-corrected chi connectivity index (χ0v) is 12.6. The second-order valence-corrected chi connectivity index (χ2v) is 5.24. The highest BCUT2D eigenvalue weighted by molar-refractivity contribution is 5.70. The normalized spacial score (nSPS) is 13.4. The number of fused-ring (bicyclic) bond motifs is 1. The second-order valence-electron chi connectivity index (χ2n) is 5.24. The van der Waals surface area contributed by atoms with Crippen molar-refractivity contribution in [1.29, 1.82) is 0 Å². The van der Waals surface area contributed by atoms with Crippen molar-refractivity contribution in [2.24, 2.45) is 0 Å². The van der Waals surface area contributed by atoms with Gasteiger partial charge in [0.1, 0.15) is 6.54 Å². The Bertz CT molecular complexity index is 752. The van der Waals surface area contributed by atoms with Gasteiger partial charge in [0.2, 0.25) is 0 Å². The van der Waals surface area contributed by atoms with E-state index in [0.29, 0.717) is 6.54 Å². The fraction of sp³-hybridized carbons (Fsp3) is 0.333. The number of ether oxygens (including phenoxy) is 1. The van der Waals surface area contributed by atoms with Crippen LogP contribution < -0.4 is 5.32 Å². The van der Waals surface area contributed by atoms with Crippen LogP contribution in [0.25, 0.3) is 11.3 Å². The summed E-state index contributed by atoms with van der Waals surface area (Å²) in [4.78, 5) is 21.9. The van der Waals surface area contributed by atoms with Gasteiger partial charge in [-0.05, 0) is 12.1 Å². The monoisotopic (exact) mass is 316 g/mol. The maximum Gasteiger partial charge on any atom is 0.327 e. The highest BCUT2D eigenvalue weighted by Gasteiger charge is 2.23. The Balaban J connectivity index is 2.01. The number of esters is 1. The number of benzene rings is 1. The number of aromatic nitrogens is 2. The molecular formula is C15H16N4O4. The molecule has 0 saturated carbocycles. The van der Waals surface area contributed by atoms with Crippen LogP contribution in [0.3, 0.4) is 0 Å². The van der Waals surface area contributed by atoms with E-state index in [0.717, 1.165) is 35.5 Å². The molecular weight excluding hydrogens is 300 g/mol. The lowest BCUT2D eigenvalue weighted by Gasteiger charge is -2.15. The van der Waals surface area contributed by atoms with Gasteiger partial charge in [-0.25, -0.2) is 0 Å². The van der Waals surface area contributed by atoms with Gasteiger partial charge >= 0.3 is 5.97 Å². The van der Waals surface area contributed by atoms with Crippen LogP contribution in [0.1, 0.15) is 11.3 Å². The number of hydrogen-bond acceptors (Lipinski definition) is 6. The second kappa shape index (κ2) is 6.17. The number of carbonyl (C=O) groups excluding carboxylic acids is 1. The van der Waals surface area contributed by atoms with Gasteiger partial charge in [0.05, 0.1) is 17.7 Å². The van der Waals surface area contributed by atoms with Crippen molar-refractivity contribution in [3.05, 3.63) is 45.6 Å². The third-order valence-electron chi connectivity index (χ3n) is 3.86. The molecule has 0 unspecified atom stereocenters. The summed E-state index contributed by atoms with van der Waals surface area (Å²) >= 11 is 0. The van der Waals surface area contributed by atoms with Crippen LogP contribution in [0.4, 0.5) is 5.69 Å². The first-order valence-electron chi connectivity index (χ1n) is 7.21. The molecule has 1 aliphatic heterocycles. The number of carbonyl (C=O) groups is 1. The van der Waals surface area contributed by atoms with Crippen molar-refractivity contribution < 1.29 is 14.5 Å². The number of nitrogens with zero attached hydrogens (tertiary/aromatic N) is 3. The first kappa shape index (κ1) is 15.2. The van der Waals surface area contributed by atoms with Gasteiger partial charge < -0.3 is 10.1 Å². The van der Waals surface area contributed by atoms with Crippen LogP contribution >= 0.6 is 0 Å². The van der Waals surface area contributed by atoms with Crippen molar-refractivity contribution in [3.63, 3.8) is 0 Å². The number of rotatable bonds is 4. The molecule has 23 heavy (non-hydrogen) atoms. The molecule has 2 heterocycles. The van der Waals surface area contributed by atoms with Crippen LogP contribution in [-0.4, -0.2) is 34.3 Å². The van der Waals surface area contributed by atoms with E-state index in [9.17, 15) is 14.9 Å². The Labute approximate surface area is 132 Å². The molecule has 0 fully saturated rings. The van der Waals surface area contributed by atoms with Gasteiger partial charge in [0, 0.05) is 48.5 Å². The first-order valence-corrected chi connectivity index (χ1v) is 7.21. The van der Waals surface area contributed by atoms with Crippen LogP contribution in [0, 0.1) is 10.1 Å². The van der Waals surface area contributed by atoms with Gasteiger partial charge in [-0.2, -0.15) is 5.10 Å². The van der Waals surface area contributed by atoms with E-state index in [1.54, 1.807) is 16.8 Å². The summed E-state index contributed by atoms with van der Waals surface area (Å²) in [6.45, 7) is 1.54. The molecule has 0 bridgehead atoms. The highest BCUT2D eigenvalue weighted by Crippen LogP contribution is 2.29. The summed E-state index contributed by atoms with van der Waals surface area (Å²) in [5, 5.41) is 18.6. The molecule has 0 aliphatic carbocycles. The predicted octanol–water partition coefficient (Wildman–Crippen LogP) is 1.28. The molecule has 120 valence electrons. The van der Waals surface area contributed by atoms with Gasteiger partial charge in [0.25, 0.3) is 5.69 Å². The standard InChI is InChI=1S/C15H16N4O4/c1-23-14(20)9-18-13-6-7-16-8-12(13)15(17-18)10-2-4-11(5-3-10)19(21)22/h2-5,16H,6-9H2,1H3. The predicted molar refractivity (Wildman–Crippen MR) is 81.7 cm³/mol. The highest BCUT2D eigenvalue weighted by atomic mass is 16.6. The lowest BCUT2D eigenvalue weighted by Crippen LogP contribution is -2.26. The van der Waals surface area contributed by atoms with E-state index < -0.39 is 4.92 Å². The van der Waals surface area contributed by atoms with Gasteiger partial charge in [0.15, 0.2) is 0 Å². The summed E-state index contributed by atoms with van der Waals surface area (Å²) in [5.41, 5.74) is 3.59. The Morgan fingerprint density at radius 3 is 2.83 bits per heavy atom. The molecule has 0 atom stereocenters. The minimum atomic E-state index is -0.434. The third kappa shape index (κ3) is 2.93. The Morgan fingerprint density at radius 2 is 2.17 bits per heavy atom. The van der Waals surface area contributed by atoms with E-state index in [1.165, 1.54) is 19.2 Å². The maximum absolute atomic E-state index is 11.6. The zero-order chi connectivity index (χ0) is 16.4. The largest absolute Gasteiger partial charge is 0.468 e. The Morgan fingerprint density at radius 1 is 1.43 bits per heavy atom. The van der Waals surface area contributed by atoms with E-state index >= 15 is 0 Å². The molecule has 1 N–H and O–H groups in total. The number of nitro groups is 1. The van der Waals surface area contributed by atoms with Crippen molar-refractivity contribution >= 4 is 11.7 Å². The van der Waals surface area contributed by atoms with Crippen molar-refractivity contribution in [2.75, 3.05) is 13.7 Å². The molecule has 8 heteroatoms. The van der Waals surface area contributed by atoms with Crippen LogP contribution in [0.5, 0.6) is 0 Å². The molecule has 1 aromatic heterocycles. The van der Waals surface area contributed by atoms with Gasteiger partial charge in [-0.15, -0.1) is 0 Å². The SMILES string of the molecule is COC(=O)Cn1nc(-c2ccc([N+](=O)[O-])cc2)c2c1CCNC2. The molecule has 2 aromatic rings. The average Bonchev–Trinajstić information content (AvgIpc) is 2.93.